The Morgan fingerprint density at radius 3 is 2.37 bits per heavy atom. The van der Waals surface area contributed by atoms with Crippen molar-refractivity contribution >= 4 is 11.6 Å². The number of hydrogen-bond donors (Lipinski definition) is 1. The zero-order valence-corrected chi connectivity index (χ0v) is 16.8. The van der Waals surface area contributed by atoms with Crippen molar-refractivity contribution in [3.05, 3.63) is 58.7 Å². The Hall–Kier alpha value is -2.33. The van der Waals surface area contributed by atoms with Crippen molar-refractivity contribution < 1.29 is 9.53 Å². The molecule has 1 N–H and O–H groups in total. The molecule has 0 radical (unpaired) electrons. The van der Waals surface area contributed by atoms with Gasteiger partial charge in [0.05, 0.1) is 6.54 Å². The van der Waals surface area contributed by atoms with Crippen LogP contribution in [0.2, 0.25) is 0 Å². The lowest BCUT2D eigenvalue weighted by Crippen LogP contribution is -2.42. The normalized spacial score (nSPS) is 15.6. The number of anilines is 1. The van der Waals surface area contributed by atoms with E-state index in [9.17, 15) is 4.79 Å². The molecule has 0 unspecified atom stereocenters. The first-order valence-electron chi connectivity index (χ1n) is 9.74. The largest absolute Gasteiger partial charge is 0.490 e. The van der Waals surface area contributed by atoms with Crippen molar-refractivity contribution in [2.45, 2.75) is 46.6 Å². The molecule has 0 atom stereocenters. The van der Waals surface area contributed by atoms with Crippen LogP contribution in [0.25, 0.3) is 0 Å². The van der Waals surface area contributed by atoms with Crippen LogP contribution in [-0.2, 0) is 4.79 Å². The average molecular weight is 367 g/mol. The molecule has 1 saturated heterocycles. The second-order valence-corrected chi connectivity index (χ2v) is 7.73. The number of rotatable bonds is 5. The molecule has 0 aliphatic carbocycles. The summed E-state index contributed by atoms with van der Waals surface area (Å²) in [5.74, 6) is 1.04. The number of nitrogens with one attached hydrogen (secondary N) is 1. The van der Waals surface area contributed by atoms with Crippen LogP contribution in [0.3, 0.4) is 0 Å². The van der Waals surface area contributed by atoms with Gasteiger partial charge in [0.1, 0.15) is 11.9 Å². The van der Waals surface area contributed by atoms with E-state index in [-0.39, 0.29) is 12.0 Å². The third kappa shape index (κ3) is 5.33. The molecule has 27 heavy (non-hydrogen) atoms. The highest BCUT2D eigenvalue weighted by molar-refractivity contribution is 5.93. The molecule has 2 aromatic rings. The monoisotopic (exact) mass is 366 g/mol. The Balaban J connectivity index is 1.47. The number of likely N-dealkylation sites (tertiary alicyclic amines) is 1. The molecule has 2 aromatic carbocycles. The lowest BCUT2D eigenvalue weighted by molar-refractivity contribution is -0.117. The topological polar surface area (TPSA) is 41.6 Å². The molecule has 1 heterocycles. The van der Waals surface area contributed by atoms with Crippen molar-refractivity contribution in [1.29, 1.82) is 0 Å². The molecular formula is C23H30N2O2. The van der Waals surface area contributed by atoms with E-state index in [2.05, 4.69) is 55.3 Å². The molecule has 0 aromatic heterocycles. The standard InChI is InChI=1S/C23H30N2O2/c1-16-6-8-21(19(4)13-16)24-23(26)15-25-11-9-20(10-12-25)27-22-14-17(2)5-7-18(22)3/h5-8,13-14,20H,9-12,15H2,1-4H3,(H,24,26). The molecule has 0 spiro atoms. The van der Waals surface area contributed by atoms with Crippen LogP contribution in [0.15, 0.2) is 36.4 Å². The first kappa shape index (κ1) is 19.4. The minimum absolute atomic E-state index is 0.0517. The van der Waals surface area contributed by atoms with Crippen molar-refractivity contribution in [3.63, 3.8) is 0 Å². The molecule has 1 fully saturated rings. The van der Waals surface area contributed by atoms with Crippen LogP contribution >= 0.6 is 0 Å². The number of hydrogen-bond acceptors (Lipinski definition) is 3. The number of benzene rings is 2. The third-order valence-electron chi connectivity index (χ3n) is 5.20. The molecule has 0 saturated carbocycles. The van der Waals surface area contributed by atoms with E-state index in [1.54, 1.807) is 0 Å². The quantitative estimate of drug-likeness (QED) is 0.853. The van der Waals surface area contributed by atoms with Gasteiger partial charge in [0, 0.05) is 18.8 Å². The highest BCUT2D eigenvalue weighted by Gasteiger charge is 2.22. The first-order chi connectivity index (χ1) is 12.9. The number of carbonyl (C=O) groups is 1. The van der Waals surface area contributed by atoms with Crippen LogP contribution in [0.1, 0.15) is 35.1 Å². The SMILES string of the molecule is Cc1ccc(NC(=O)CN2CCC(Oc3cc(C)ccc3C)CC2)c(C)c1. The zero-order chi connectivity index (χ0) is 19.4. The van der Waals surface area contributed by atoms with E-state index in [1.165, 1.54) is 16.7 Å². The zero-order valence-electron chi connectivity index (χ0n) is 16.8. The average Bonchev–Trinajstić information content (AvgIpc) is 2.62. The number of aryl methyl sites for hydroxylation is 4. The minimum atomic E-state index is 0.0517. The van der Waals surface area contributed by atoms with Gasteiger partial charge in [-0.3, -0.25) is 9.69 Å². The van der Waals surface area contributed by atoms with E-state index < -0.39 is 0 Å². The summed E-state index contributed by atoms with van der Waals surface area (Å²) < 4.78 is 6.22. The van der Waals surface area contributed by atoms with Gasteiger partial charge in [0.25, 0.3) is 0 Å². The maximum atomic E-state index is 12.4. The molecule has 1 aliphatic heterocycles. The molecular weight excluding hydrogens is 336 g/mol. The third-order valence-corrected chi connectivity index (χ3v) is 5.20. The lowest BCUT2D eigenvalue weighted by Gasteiger charge is -2.32. The van der Waals surface area contributed by atoms with E-state index in [1.807, 2.05) is 19.1 Å². The highest BCUT2D eigenvalue weighted by Crippen LogP contribution is 2.24. The smallest absolute Gasteiger partial charge is 0.238 e. The van der Waals surface area contributed by atoms with Gasteiger partial charge in [0.2, 0.25) is 5.91 Å². The molecule has 0 bridgehead atoms. The van der Waals surface area contributed by atoms with Crippen LogP contribution in [0, 0.1) is 27.7 Å². The summed E-state index contributed by atoms with van der Waals surface area (Å²) in [6, 6.07) is 12.4. The minimum Gasteiger partial charge on any atom is -0.490 e. The predicted octanol–water partition coefficient (Wildman–Crippen LogP) is 4.40. The van der Waals surface area contributed by atoms with Gasteiger partial charge in [-0.25, -0.2) is 0 Å². The summed E-state index contributed by atoms with van der Waals surface area (Å²) in [5, 5.41) is 3.04. The van der Waals surface area contributed by atoms with Crippen molar-refractivity contribution in [2.75, 3.05) is 25.0 Å². The molecule has 1 amide bonds. The summed E-state index contributed by atoms with van der Waals surface area (Å²) in [7, 11) is 0. The number of amides is 1. The fourth-order valence-electron chi connectivity index (χ4n) is 3.55. The summed E-state index contributed by atoms with van der Waals surface area (Å²) in [6.07, 6.45) is 2.12. The Labute approximate surface area is 162 Å². The summed E-state index contributed by atoms with van der Waals surface area (Å²) >= 11 is 0. The van der Waals surface area contributed by atoms with Gasteiger partial charge in [-0.15, -0.1) is 0 Å². The van der Waals surface area contributed by atoms with Gasteiger partial charge >= 0.3 is 0 Å². The lowest BCUT2D eigenvalue weighted by atomic mass is 10.1. The summed E-state index contributed by atoms with van der Waals surface area (Å²) in [4.78, 5) is 14.6. The Bertz CT molecular complexity index is 808. The van der Waals surface area contributed by atoms with E-state index >= 15 is 0 Å². The molecule has 3 rings (SSSR count). The second-order valence-electron chi connectivity index (χ2n) is 7.73. The molecule has 4 heteroatoms. The van der Waals surface area contributed by atoms with Crippen molar-refractivity contribution in [3.8, 4) is 5.75 Å². The van der Waals surface area contributed by atoms with Crippen LogP contribution in [0.4, 0.5) is 5.69 Å². The molecule has 144 valence electrons. The summed E-state index contributed by atoms with van der Waals surface area (Å²) in [6.45, 7) is 10.5. The van der Waals surface area contributed by atoms with Gasteiger partial charge < -0.3 is 10.1 Å². The fraction of sp³-hybridized carbons (Fsp3) is 0.435. The van der Waals surface area contributed by atoms with E-state index in [0.29, 0.717) is 6.54 Å². The van der Waals surface area contributed by atoms with Gasteiger partial charge in [-0.1, -0.05) is 29.8 Å². The van der Waals surface area contributed by atoms with Gasteiger partial charge in [0.15, 0.2) is 0 Å². The maximum absolute atomic E-state index is 12.4. The number of ether oxygens (including phenoxy) is 1. The number of nitrogens with zero attached hydrogens (tertiary/aromatic N) is 1. The van der Waals surface area contributed by atoms with E-state index in [4.69, 9.17) is 4.74 Å². The van der Waals surface area contributed by atoms with Crippen molar-refractivity contribution in [2.24, 2.45) is 0 Å². The fourth-order valence-corrected chi connectivity index (χ4v) is 3.55. The van der Waals surface area contributed by atoms with Gasteiger partial charge in [-0.05, 0) is 69.4 Å². The Kier molecular flexibility index (Phi) is 6.17. The first-order valence-corrected chi connectivity index (χ1v) is 9.74. The Morgan fingerprint density at radius 2 is 1.67 bits per heavy atom. The van der Waals surface area contributed by atoms with E-state index in [0.717, 1.165) is 42.9 Å². The molecule has 1 aliphatic rings. The highest BCUT2D eigenvalue weighted by atomic mass is 16.5. The maximum Gasteiger partial charge on any atom is 0.238 e. The number of piperidine rings is 1. The second kappa shape index (κ2) is 8.57. The van der Waals surface area contributed by atoms with Gasteiger partial charge in [-0.2, -0.15) is 0 Å². The Morgan fingerprint density at radius 1 is 1.00 bits per heavy atom. The van der Waals surface area contributed by atoms with Crippen LogP contribution in [0.5, 0.6) is 5.75 Å². The van der Waals surface area contributed by atoms with Crippen LogP contribution < -0.4 is 10.1 Å². The molecule has 4 nitrogen and oxygen atoms in total. The summed E-state index contributed by atoms with van der Waals surface area (Å²) in [5.41, 5.74) is 5.60. The predicted molar refractivity (Wildman–Crippen MR) is 111 cm³/mol. The number of carbonyl (C=O) groups excluding carboxylic acids is 1. The van der Waals surface area contributed by atoms with Crippen LogP contribution in [-0.4, -0.2) is 36.5 Å². The van der Waals surface area contributed by atoms with Crippen molar-refractivity contribution in [1.82, 2.24) is 4.90 Å².